The lowest BCUT2D eigenvalue weighted by Gasteiger charge is -2.06. The zero-order chi connectivity index (χ0) is 15.9. The van der Waals surface area contributed by atoms with Gasteiger partial charge in [-0.05, 0) is 42.3 Å². The Balaban J connectivity index is 2.03. The lowest BCUT2D eigenvalue weighted by Crippen LogP contribution is -2.10. The molecule has 2 aromatic rings. The summed E-state index contributed by atoms with van der Waals surface area (Å²) in [6.45, 7) is 4.26. The molecule has 1 heterocycles. The van der Waals surface area contributed by atoms with Crippen LogP contribution in [0.25, 0.3) is 0 Å². The third kappa shape index (κ3) is 3.89. The predicted octanol–water partition coefficient (Wildman–Crippen LogP) is 3.03. The number of hydrogen-bond donors (Lipinski definition) is 2. The fourth-order valence-corrected chi connectivity index (χ4v) is 2.17. The van der Waals surface area contributed by atoms with Crippen LogP contribution in [0, 0.1) is 0 Å². The molecule has 1 aromatic carbocycles. The first-order valence-corrected chi connectivity index (χ1v) is 7.44. The molecule has 118 valence electrons. The monoisotopic (exact) mass is 303 g/mol. The van der Waals surface area contributed by atoms with Crippen molar-refractivity contribution < 1.29 is 19.1 Å². The zero-order valence-electron chi connectivity index (χ0n) is 12.9. The van der Waals surface area contributed by atoms with Gasteiger partial charge in [0, 0.05) is 12.1 Å². The predicted molar refractivity (Wildman–Crippen MR) is 84.4 cm³/mol. The maximum atomic E-state index is 12.2. The zero-order valence-corrected chi connectivity index (χ0v) is 12.9. The van der Waals surface area contributed by atoms with Crippen molar-refractivity contribution in [2.45, 2.75) is 26.7 Å². The van der Waals surface area contributed by atoms with E-state index in [2.05, 4.69) is 5.32 Å². The van der Waals surface area contributed by atoms with E-state index in [-0.39, 0.29) is 19.1 Å². The van der Waals surface area contributed by atoms with Crippen LogP contribution < -0.4 is 10.1 Å². The van der Waals surface area contributed by atoms with Gasteiger partial charge in [0.05, 0.1) is 6.61 Å². The van der Waals surface area contributed by atoms with Gasteiger partial charge in [-0.15, -0.1) is 0 Å². The molecule has 5 heteroatoms. The molecule has 5 nitrogen and oxygen atoms in total. The average Bonchev–Trinajstić information content (AvgIpc) is 2.97. The summed E-state index contributed by atoms with van der Waals surface area (Å²) in [6.07, 6.45) is 1.62. The normalized spacial score (nSPS) is 10.5. The fraction of sp³-hybridized carbons (Fsp3) is 0.353. The summed E-state index contributed by atoms with van der Waals surface area (Å²) in [5, 5.41) is 11.5. The van der Waals surface area contributed by atoms with Gasteiger partial charge in [-0.1, -0.05) is 13.8 Å². The van der Waals surface area contributed by atoms with Crippen molar-refractivity contribution in [1.29, 1.82) is 0 Å². The van der Waals surface area contributed by atoms with Crippen molar-refractivity contribution in [3.63, 3.8) is 0 Å². The van der Waals surface area contributed by atoms with E-state index in [0.717, 1.165) is 24.2 Å². The minimum absolute atomic E-state index is 0.0312. The largest absolute Gasteiger partial charge is 0.491 e. The number of benzene rings is 1. The third-order valence-electron chi connectivity index (χ3n) is 3.29. The lowest BCUT2D eigenvalue weighted by molar-refractivity contribution is 0.0995. The molecule has 0 radical (unpaired) electrons. The first-order chi connectivity index (χ1) is 10.7. The molecule has 0 fully saturated rings. The Kier molecular flexibility index (Phi) is 5.61. The summed E-state index contributed by atoms with van der Waals surface area (Å²) < 4.78 is 10.9. The number of carbonyl (C=O) groups is 1. The second-order valence-corrected chi connectivity index (χ2v) is 4.82. The van der Waals surface area contributed by atoms with E-state index in [1.165, 1.54) is 0 Å². The Morgan fingerprint density at radius 2 is 1.95 bits per heavy atom. The van der Waals surface area contributed by atoms with Gasteiger partial charge >= 0.3 is 0 Å². The Hall–Kier alpha value is -2.27. The van der Waals surface area contributed by atoms with E-state index in [4.69, 9.17) is 14.3 Å². The third-order valence-corrected chi connectivity index (χ3v) is 3.29. The number of aryl methyl sites for hydroxylation is 2. The molecule has 0 aliphatic heterocycles. The molecule has 0 unspecified atom stereocenters. The number of furan rings is 1. The molecule has 0 saturated heterocycles. The van der Waals surface area contributed by atoms with E-state index in [0.29, 0.717) is 17.2 Å². The number of ether oxygens (including phenoxy) is 1. The van der Waals surface area contributed by atoms with Gasteiger partial charge in [-0.2, -0.15) is 0 Å². The van der Waals surface area contributed by atoms with Gasteiger partial charge in [0.15, 0.2) is 5.76 Å². The standard InChI is InChI=1S/C17H21NO4/c1-3-12-11-16(22-15(12)4-2)17(20)18-13-5-7-14(8-6-13)21-10-9-19/h5-8,11,19H,3-4,9-10H2,1-2H3,(H,18,20). The molecule has 0 aliphatic rings. The second kappa shape index (κ2) is 7.66. The van der Waals surface area contributed by atoms with Gasteiger partial charge in [-0.25, -0.2) is 0 Å². The Morgan fingerprint density at radius 1 is 1.23 bits per heavy atom. The van der Waals surface area contributed by atoms with Crippen molar-refractivity contribution in [2.24, 2.45) is 0 Å². The van der Waals surface area contributed by atoms with Crippen LogP contribution in [0.15, 0.2) is 34.7 Å². The quantitative estimate of drug-likeness (QED) is 0.824. The number of carbonyl (C=O) groups excluding carboxylic acids is 1. The Bertz CT molecular complexity index is 595. The molecule has 1 amide bonds. The van der Waals surface area contributed by atoms with Crippen LogP contribution in [0.3, 0.4) is 0 Å². The molecule has 0 bridgehead atoms. The molecule has 2 N–H and O–H groups in total. The number of aliphatic hydroxyl groups excluding tert-OH is 1. The SMILES string of the molecule is CCc1cc(C(=O)Nc2ccc(OCCO)cc2)oc1CC. The topological polar surface area (TPSA) is 71.7 Å². The number of amides is 1. The molecule has 22 heavy (non-hydrogen) atoms. The van der Waals surface area contributed by atoms with Crippen LogP contribution in [-0.2, 0) is 12.8 Å². The number of aliphatic hydroxyl groups is 1. The van der Waals surface area contributed by atoms with Crippen LogP contribution in [0.4, 0.5) is 5.69 Å². The fourth-order valence-electron chi connectivity index (χ4n) is 2.17. The maximum Gasteiger partial charge on any atom is 0.291 e. The van der Waals surface area contributed by atoms with Crippen molar-refractivity contribution in [2.75, 3.05) is 18.5 Å². The summed E-state index contributed by atoms with van der Waals surface area (Å²) in [6, 6.07) is 8.77. The average molecular weight is 303 g/mol. The molecule has 0 saturated carbocycles. The van der Waals surface area contributed by atoms with Crippen LogP contribution in [0.2, 0.25) is 0 Å². The van der Waals surface area contributed by atoms with Crippen molar-refractivity contribution >= 4 is 11.6 Å². The summed E-state index contributed by atoms with van der Waals surface area (Å²) in [5.74, 6) is 1.57. The number of hydrogen-bond acceptors (Lipinski definition) is 4. The van der Waals surface area contributed by atoms with Gasteiger partial charge < -0.3 is 19.6 Å². The van der Waals surface area contributed by atoms with E-state index in [1.807, 2.05) is 13.8 Å². The molecular weight excluding hydrogens is 282 g/mol. The molecular formula is C17H21NO4. The smallest absolute Gasteiger partial charge is 0.291 e. The first kappa shape index (κ1) is 16.1. The number of nitrogens with one attached hydrogen (secondary N) is 1. The highest BCUT2D eigenvalue weighted by atomic mass is 16.5. The van der Waals surface area contributed by atoms with Gasteiger partial charge in [0.2, 0.25) is 0 Å². The number of rotatable bonds is 7. The van der Waals surface area contributed by atoms with E-state index < -0.39 is 0 Å². The highest BCUT2D eigenvalue weighted by Gasteiger charge is 2.15. The molecule has 2 rings (SSSR count). The second-order valence-electron chi connectivity index (χ2n) is 4.82. The molecule has 1 aromatic heterocycles. The van der Waals surface area contributed by atoms with Crippen molar-refractivity contribution in [3.05, 3.63) is 47.4 Å². The number of anilines is 1. The molecule has 0 spiro atoms. The highest BCUT2D eigenvalue weighted by molar-refractivity contribution is 6.02. The minimum Gasteiger partial charge on any atom is -0.491 e. The summed E-state index contributed by atoms with van der Waals surface area (Å²) >= 11 is 0. The Labute approximate surface area is 129 Å². The summed E-state index contributed by atoms with van der Waals surface area (Å²) in [5.41, 5.74) is 1.73. The van der Waals surface area contributed by atoms with Crippen LogP contribution >= 0.6 is 0 Å². The van der Waals surface area contributed by atoms with Crippen LogP contribution in [0.5, 0.6) is 5.75 Å². The van der Waals surface area contributed by atoms with Gasteiger partial charge in [-0.3, -0.25) is 4.79 Å². The molecule has 0 aliphatic carbocycles. The van der Waals surface area contributed by atoms with E-state index in [1.54, 1.807) is 30.3 Å². The molecule has 0 atom stereocenters. The Morgan fingerprint density at radius 3 is 2.50 bits per heavy atom. The first-order valence-electron chi connectivity index (χ1n) is 7.44. The lowest BCUT2D eigenvalue weighted by atomic mass is 10.1. The minimum atomic E-state index is -0.265. The van der Waals surface area contributed by atoms with Crippen LogP contribution in [0.1, 0.15) is 35.7 Å². The van der Waals surface area contributed by atoms with Gasteiger partial charge in [0.1, 0.15) is 18.1 Å². The maximum absolute atomic E-state index is 12.2. The van der Waals surface area contributed by atoms with Crippen molar-refractivity contribution in [1.82, 2.24) is 0 Å². The van der Waals surface area contributed by atoms with Crippen molar-refractivity contribution in [3.8, 4) is 5.75 Å². The summed E-state index contributed by atoms with van der Waals surface area (Å²) in [4.78, 5) is 12.2. The van der Waals surface area contributed by atoms with E-state index >= 15 is 0 Å². The van der Waals surface area contributed by atoms with Crippen LogP contribution in [-0.4, -0.2) is 24.2 Å². The summed E-state index contributed by atoms with van der Waals surface area (Å²) in [7, 11) is 0. The van der Waals surface area contributed by atoms with Gasteiger partial charge in [0.25, 0.3) is 5.91 Å². The van der Waals surface area contributed by atoms with E-state index in [9.17, 15) is 4.79 Å². The highest BCUT2D eigenvalue weighted by Crippen LogP contribution is 2.20.